The summed E-state index contributed by atoms with van der Waals surface area (Å²) in [4.78, 5) is 39.5. The molecule has 0 bridgehead atoms. The molecule has 1 aliphatic carbocycles. The summed E-state index contributed by atoms with van der Waals surface area (Å²) in [6.07, 6.45) is 1.35. The first-order valence-electron chi connectivity index (χ1n) is 10.3. The first kappa shape index (κ1) is 22.4. The van der Waals surface area contributed by atoms with Gasteiger partial charge in [0.25, 0.3) is 0 Å². The standard InChI is InChI=1S/C26H20O6S/c1-2-32-21(28)14-17(33-16-8-4-3-5-9-16)12-15-13-20(27)22-23(24(15)29)26(31)19-11-7-6-10-18(19)25(22)30/h3-11,13-14,27,29H,2,12H2,1H3/b17-14-. The molecule has 0 radical (unpaired) electrons. The SMILES string of the molecule is CCOC(=O)/C=C(/Cc1cc(O)c2c(c1O)C(=O)c1ccccc1C2=O)Sc1ccccc1. The number of carbonyl (C=O) groups is 3. The molecule has 0 saturated heterocycles. The first-order valence-corrected chi connectivity index (χ1v) is 11.1. The number of fused-ring (bicyclic) bond motifs is 2. The predicted octanol–water partition coefficient (Wildman–Crippen LogP) is 4.66. The molecule has 0 unspecified atom stereocenters. The van der Waals surface area contributed by atoms with Crippen molar-refractivity contribution in [3.8, 4) is 11.5 Å². The monoisotopic (exact) mass is 460 g/mol. The zero-order valence-electron chi connectivity index (χ0n) is 17.7. The minimum atomic E-state index is -0.544. The highest BCUT2D eigenvalue weighted by Gasteiger charge is 2.35. The highest BCUT2D eigenvalue weighted by molar-refractivity contribution is 8.03. The van der Waals surface area contributed by atoms with E-state index >= 15 is 0 Å². The Balaban J connectivity index is 1.77. The van der Waals surface area contributed by atoms with E-state index < -0.39 is 23.3 Å². The third-order valence-corrected chi connectivity index (χ3v) is 6.18. The molecule has 0 aliphatic heterocycles. The van der Waals surface area contributed by atoms with Gasteiger partial charge < -0.3 is 14.9 Å². The lowest BCUT2D eigenvalue weighted by Gasteiger charge is -2.21. The number of ether oxygens (including phenoxy) is 1. The highest BCUT2D eigenvalue weighted by atomic mass is 32.2. The Morgan fingerprint density at radius 2 is 1.55 bits per heavy atom. The zero-order chi connectivity index (χ0) is 23.5. The normalized spacial score (nSPS) is 12.8. The number of ketones is 2. The second-order valence-electron chi connectivity index (χ2n) is 7.31. The predicted molar refractivity (Wildman–Crippen MR) is 124 cm³/mol. The fraction of sp³-hybridized carbons (Fsp3) is 0.115. The molecule has 0 saturated carbocycles. The van der Waals surface area contributed by atoms with Crippen LogP contribution in [0.5, 0.6) is 11.5 Å². The Morgan fingerprint density at radius 3 is 2.18 bits per heavy atom. The zero-order valence-corrected chi connectivity index (χ0v) is 18.5. The van der Waals surface area contributed by atoms with Crippen molar-refractivity contribution in [3.63, 3.8) is 0 Å². The Kier molecular flexibility index (Phi) is 6.33. The quantitative estimate of drug-likeness (QED) is 0.187. The van der Waals surface area contributed by atoms with Crippen LogP contribution < -0.4 is 0 Å². The van der Waals surface area contributed by atoms with Gasteiger partial charge in [-0.2, -0.15) is 0 Å². The van der Waals surface area contributed by atoms with Crippen molar-refractivity contribution < 1.29 is 29.3 Å². The lowest BCUT2D eigenvalue weighted by molar-refractivity contribution is -0.137. The number of thioether (sulfide) groups is 1. The summed E-state index contributed by atoms with van der Waals surface area (Å²) in [6, 6.07) is 16.9. The van der Waals surface area contributed by atoms with E-state index in [-0.39, 0.29) is 46.6 Å². The van der Waals surface area contributed by atoms with Crippen LogP contribution in [-0.2, 0) is 16.0 Å². The topological polar surface area (TPSA) is 101 Å². The Labute approximate surface area is 194 Å². The largest absolute Gasteiger partial charge is 0.507 e. The summed E-state index contributed by atoms with van der Waals surface area (Å²) in [6.45, 7) is 1.91. The van der Waals surface area contributed by atoms with Crippen LogP contribution in [0.2, 0.25) is 0 Å². The summed E-state index contributed by atoms with van der Waals surface area (Å²) in [7, 11) is 0. The molecule has 3 aromatic carbocycles. The highest BCUT2D eigenvalue weighted by Crippen LogP contribution is 2.42. The number of phenols is 2. The fourth-order valence-electron chi connectivity index (χ4n) is 3.71. The van der Waals surface area contributed by atoms with Gasteiger partial charge >= 0.3 is 5.97 Å². The first-order chi connectivity index (χ1) is 15.9. The van der Waals surface area contributed by atoms with E-state index in [0.717, 1.165) is 4.90 Å². The van der Waals surface area contributed by atoms with Gasteiger partial charge in [0.05, 0.1) is 17.7 Å². The second kappa shape index (κ2) is 9.34. The summed E-state index contributed by atoms with van der Waals surface area (Å²) >= 11 is 1.30. The number of carbonyl (C=O) groups excluding carboxylic acids is 3. The van der Waals surface area contributed by atoms with Crippen LogP contribution in [0.4, 0.5) is 0 Å². The molecule has 0 atom stereocenters. The van der Waals surface area contributed by atoms with Crippen LogP contribution in [0.25, 0.3) is 0 Å². The molecule has 7 heteroatoms. The number of rotatable bonds is 6. The summed E-state index contributed by atoms with van der Waals surface area (Å²) in [5.41, 5.74) is 0.119. The molecule has 0 heterocycles. The molecular weight excluding hydrogens is 440 g/mol. The van der Waals surface area contributed by atoms with Crippen molar-refractivity contribution in [1.82, 2.24) is 0 Å². The van der Waals surface area contributed by atoms with Gasteiger partial charge in [-0.3, -0.25) is 9.59 Å². The lowest BCUT2D eigenvalue weighted by atomic mass is 9.82. The molecule has 166 valence electrons. The van der Waals surface area contributed by atoms with Crippen molar-refractivity contribution in [2.24, 2.45) is 0 Å². The van der Waals surface area contributed by atoms with Gasteiger partial charge in [0, 0.05) is 39.0 Å². The van der Waals surface area contributed by atoms with Crippen LogP contribution in [0.1, 0.15) is 44.3 Å². The third-order valence-electron chi connectivity index (χ3n) is 5.15. The summed E-state index contributed by atoms with van der Waals surface area (Å²) in [5.74, 6) is -2.40. The number of esters is 1. The number of phenolic OH excluding ortho intramolecular Hbond substituents is 2. The number of allylic oxidation sites excluding steroid dienone is 1. The maximum Gasteiger partial charge on any atom is 0.331 e. The molecule has 0 spiro atoms. The molecule has 6 nitrogen and oxygen atoms in total. The number of hydrogen-bond donors (Lipinski definition) is 2. The maximum absolute atomic E-state index is 13.1. The molecular formula is C26H20O6S. The molecule has 0 fully saturated rings. The average molecular weight is 461 g/mol. The van der Waals surface area contributed by atoms with Gasteiger partial charge in [-0.05, 0) is 25.1 Å². The van der Waals surface area contributed by atoms with Crippen LogP contribution >= 0.6 is 11.8 Å². The maximum atomic E-state index is 13.1. The minimum Gasteiger partial charge on any atom is -0.507 e. The Morgan fingerprint density at radius 1 is 0.939 bits per heavy atom. The fourth-order valence-corrected chi connectivity index (χ4v) is 4.69. The van der Waals surface area contributed by atoms with E-state index in [1.54, 1.807) is 19.1 Å². The van der Waals surface area contributed by atoms with Crippen LogP contribution in [-0.4, -0.2) is 34.4 Å². The van der Waals surface area contributed by atoms with Crippen molar-refractivity contribution in [1.29, 1.82) is 0 Å². The van der Waals surface area contributed by atoms with Crippen LogP contribution in [0.15, 0.2) is 76.5 Å². The summed E-state index contributed by atoms with van der Waals surface area (Å²) < 4.78 is 5.02. The van der Waals surface area contributed by atoms with E-state index in [1.165, 1.54) is 36.0 Å². The Hall–Kier alpha value is -3.84. The minimum absolute atomic E-state index is 0.0359. The molecule has 0 amide bonds. The molecule has 3 aromatic rings. The van der Waals surface area contributed by atoms with Crippen LogP contribution in [0, 0.1) is 0 Å². The second-order valence-corrected chi connectivity index (χ2v) is 8.51. The van der Waals surface area contributed by atoms with E-state index in [9.17, 15) is 24.6 Å². The van der Waals surface area contributed by atoms with E-state index in [4.69, 9.17) is 4.74 Å². The van der Waals surface area contributed by atoms with E-state index in [2.05, 4.69) is 0 Å². The number of benzene rings is 3. The third kappa shape index (κ3) is 4.40. The Bertz CT molecular complexity index is 1290. The number of aromatic hydroxyl groups is 2. The van der Waals surface area contributed by atoms with Gasteiger partial charge in [0.2, 0.25) is 0 Å². The van der Waals surface area contributed by atoms with E-state index in [0.29, 0.717) is 4.91 Å². The smallest absolute Gasteiger partial charge is 0.331 e. The van der Waals surface area contributed by atoms with Gasteiger partial charge in [-0.25, -0.2) is 4.79 Å². The molecule has 1 aliphatic rings. The van der Waals surface area contributed by atoms with Crippen molar-refractivity contribution in [2.75, 3.05) is 6.61 Å². The number of hydrogen-bond acceptors (Lipinski definition) is 7. The summed E-state index contributed by atoms with van der Waals surface area (Å²) in [5, 5.41) is 21.6. The molecule has 4 rings (SSSR count). The molecule has 33 heavy (non-hydrogen) atoms. The van der Waals surface area contributed by atoms with Crippen molar-refractivity contribution in [3.05, 3.63) is 99.5 Å². The van der Waals surface area contributed by atoms with Gasteiger partial charge in [-0.15, -0.1) is 0 Å². The van der Waals surface area contributed by atoms with Crippen LogP contribution in [0.3, 0.4) is 0 Å². The molecule has 0 aromatic heterocycles. The van der Waals surface area contributed by atoms with E-state index in [1.807, 2.05) is 30.3 Å². The van der Waals surface area contributed by atoms with Crippen molar-refractivity contribution in [2.45, 2.75) is 18.2 Å². The lowest BCUT2D eigenvalue weighted by Crippen LogP contribution is -2.21. The average Bonchev–Trinajstić information content (AvgIpc) is 2.80. The van der Waals surface area contributed by atoms with Gasteiger partial charge in [0.15, 0.2) is 11.6 Å². The van der Waals surface area contributed by atoms with Gasteiger partial charge in [0.1, 0.15) is 11.5 Å². The molecule has 2 N–H and O–H groups in total. The van der Waals surface area contributed by atoms with Crippen molar-refractivity contribution >= 4 is 29.3 Å². The van der Waals surface area contributed by atoms with Gasteiger partial charge in [-0.1, -0.05) is 54.2 Å².